The highest BCUT2D eigenvalue weighted by Gasteiger charge is 2.36. The Morgan fingerprint density at radius 3 is 2.81 bits per heavy atom. The molecule has 2 heterocycles. The van der Waals surface area contributed by atoms with Gasteiger partial charge >= 0.3 is 0 Å². The third-order valence-corrected chi connectivity index (χ3v) is 6.98. The van der Waals surface area contributed by atoms with Crippen LogP contribution in [0.1, 0.15) is 48.2 Å². The lowest BCUT2D eigenvalue weighted by Gasteiger charge is -2.39. The van der Waals surface area contributed by atoms with Gasteiger partial charge in [-0.25, -0.2) is 14.4 Å². The quantitative estimate of drug-likeness (QED) is 0.435. The van der Waals surface area contributed by atoms with Gasteiger partial charge in [0, 0.05) is 24.9 Å². The number of methoxy groups -OCH3 is 1. The van der Waals surface area contributed by atoms with E-state index in [4.69, 9.17) is 16.2 Å². The summed E-state index contributed by atoms with van der Waals surface area (Å²) in [4.78, 5) is 26.1. The summed E-state index contributed by atoms with van der Waals surface area (Å²) in [5.74, 6) is -0.475. The summed E-state index contributed by atoms with van der Waals surface area (Å²) < 4.78 is 20.3. The molecule has 0 spiro atoms. The van der Waals surface area contributed by atoms with Crippen molar-refractivity contribution in [1.29, 1.82) is 0 Å². The average molecular weight is 489 g/mol. The van der Waals surface area contributed by atoms with Crippen molar-refractivity contribution in [2.45, 2.75) is 51.1 Å². The van der Waals surface area contributed by atoms with Crippen molar-refractivity contribution in [1.82, 2.24) is 15.0 Å². The number of nitrogens with one attached hydrogen (secondary N) is 1. The summed E-state index contributed by atoms with van der Waals surface area (Å²) in [5, 5.41) is 2.91. The molecule has 2 aromatic heterocycles. The van der Waals surface area contributed by atoms with Crippen molar-refractivity contribution in [3.05, 3.63) is 59.9 Å². The van der Waals surface area contributed by atoms with E-state index in [0.29, 0.717) is 17.1 Å². The van der Waals surface area contributed by atoms with Gasteiger partial charge in [0.1, 0.15) is 13.1 Å². The van der Waals surface area contributed by atoms with Crippen molar-refractivity contribution in [3.8, 4) is 11.4 Å². The molecule has 4 atom stereocenters. The van der Waals surface area contributed by atoms with Crippen LogP contribution in [0, 0.1) is 11.7 Å². The average Bonchev–Trinajstić information content (AvgIpc) is 2.88. The first-order valence-electron chi connectivity index (χ1n) is 12.1. The number of carbonyl (C=O) groups excluding carboxylic acids is 1. The molecule has 1 aliphatic rings. The topological polar surface area (TPSA) is 129 Å². The van der Waals surface area contributed by atoms with Gasteiger partial charge in [-0.3, -0.25) is 9.78 Å². The Labute approximate surface area is 211 Å². The van der Waals surface area contributed by atoms with E-state index in [0.717, 1.165) is 24.8 Å². The Bertz CT molecular complexity index is 1240. The van der Waals surface area contributed by atoms with Gasteiger partial charge in [-0.05, 0) is 42.4 Å². The van der Waals surface area contributed by atoms with E-state index >= 15 is 0 Å². The number of nitrogens with zero attached hydrogens (tertiary/aromatic N) is 3. The Balaban J connectivity index is 1.64. The molecule has 1 radical (unpaired) electrons. The minimum absolute atomic E-state index is 0.00834. The summed E-state index contributed by atoms with van der Waals surface area (Å²) in [7, 11) is 3.46. The van der Waals surface area contributed by atoms with Gasteiger partial charge in [0.2, 0.25) is 0 Å². The summed E-state index contributed by atoms with van der Waals surface area (Å²) in [6.45, 7) is 3.93. The first-order chi connectivity index (χ1) is 17.4. The highest BCUT2D eigenvalue weighted by Crippen LogP contribution is 2.40. The van der Waals surface area contributed by atoms with Gasteiger partial charge in [0.25, 0.3) is 5.91 Å². The molecule has 0 saturated heterocycles. The highest BCUT2D eigenvalue weighted by molar-refractivity contribution is 6.54. The third-order valence-electron chi connectivity index (χ3n) is 6.98. The van der Waals surface area contributed by atoms with E-state index in [1.54, 1.807) is 45.7 Å². The number of rotatable bonds is 7. The van der Waals surface area contributed by atoms with Gasteiger partial charge in [-0.1, -0.05) is 37.8 Å². The Hall–Kier alpha value is -3.37. The number of amides is 1. The van der Waals surface area contributed by atoms with Crippen LogP contribution in [0.25, 0.3) is 11.4 Å². The monoisotopic (exact) mass is 489 g/mol. The van der Waals surface area contributed by atoms with Crippen molar-refractivity contribution >= 4 is 30.0 Å². The van der Waals surface area contributed by atoms with Crippen LogP contribution in [0.3, 0.4) is 0 Å². The zero-order chi connectivity index (χ0) is 25.8. The SMILES string of the molecule is C[B]c1cccc(F)c1-c1ncc(N)c(C(=O)Nc2cnccc2[C@@H]2C[C@H](CC)[C@H](OC)[C@H](N)C2)n1. The Morgan fingerprint density at radius 1 is 1.28 bits per heavy atom. The fraction of sp³-hybridized carbons (Fsp3) is 0.385. The van der Waals surface area contributed by atoms with Crippen LogP contribution in [0.5, 0.6) is 0 Å². The normalized spacial score (nSPS) is 21.7. The third kappa shape index (κ3) is 5.10. The number of nitrogen functional groups attached to an aromatic ring is 1. The molecule has 4 rings (SSSR count). The molecule has 0 aliphatic heterocycles. The number of halogens is 1. The largest absolute Gasteiger partial charge is 0.396 e. The van der Waals surface area contributed by atoms with Gasteiger partial charge in [0.05, 0.1) is 29.9 Å². The molecule has 3 aromatic rings. The Kier molecular flexibility index (Phi) is 7.96. The van der Waals surface area contributed by atoms with Crippen LogP contribution in [0.15, 0.2) is 42.9 Å². The van der Waals surface area contributed by atoms with Gasteiger partial charge in [-0.15, -0.1) is 0 Å². The summed E-state index contributed by atoms with van der Waals surface area (Å²) in [6, 6.07) is 6.49. The molecule has 8 nitrogen and oxygen atoms in total. The first-order valence-corrected chi connectivity index (χ1v) is 12.1. The molecule has 5 N–H and O–H groups in total. The number of hydrogen-bond donors (Lipinski definition) is 3. The second kappa shape index (κ2) is 11.1. The lowest BCUT2D eigenvalue weighted by Crippen LogP contribution is -2.46. The van der Waals surface area contributed by atoms with Crippen molar-refractivity contribution in [3.63, 3.8) is 0 Å². The van der Waals surface area contributed by atoms with Crippen molar-refractivity contribution < 1.29 is 13.9 Å². The molecule has 187 valence electrons. The van der Waals surface area contributed by atoms with E-state index in [-0.39, 0.29) is 40.8 Å². The Morgan fingerprint density at radius 2 is 2.08 bits per heavy atom. The number of hydrogen-bond acceptors (Lipinski definition) is 7. The summed E-state index contributed by atoms with van der Waals surface area (Å²) in [5.41, 5.74) is 14.9. The number of pyridine rings is 1. The van der Waals surface area contributed by atoms with Crippen molar-refractivity contribution in [2.75, 3.05) is 18.2 Å². The number of nitrogens with two attached hydrogens (primary N) is 2. The number of anilines is 2. The lowest BCUT2D eigenvalue weighted by molar-refractivity contribution is 0.00154. The molecule has 1 fully saturated rings. The second-order valence-electron chi connectivity index (χ2n) is 9.11. The minimum Gasteiger partial charge on any atom is -0.396 e. The van der Waals surface area contributed by atoms with Crippen LogP contribution in [0.2, 0.25) is 6.82 Å². The molecule has 10 heteroatoms. The lowest BCUT2D eigenvalue weighted by atomic mass is 9.70. The van der Waals surface area contributed by atoms with Gasteiger partial charge in [-0.2, -0.15) is 0 Å². The van der Waals surface area contributed by atoms with E-state index in [2.05, 4.69) is 27.2 Å². The number of benzene rings is 1. The van der Waals surface area contributed by atoms with Crippen LogP contribution < -0.4 is 22.2 Å². The maximum Gasteiger partial charge on any atom is 0.276 e. The standard InChI is InChI=1S/C26H31BFN6O2/c1-4-14-10-15(11-19(29)24(14)36-3)16-8-9-31-13-21(16)33-26(35)23-20(30)12-32-25(34-23)22-17(27-2)6-5-7-18(22)28/h5-9,12-15,19,24H,4,10-11,29-30H2,1-3H3,(H,33,35)/t14-,15+,19+,24-/m0/s1. The molecule has 1 saturated carbocycles. The van der Waals surface area contributed by atoms with Crippen LogP contribution >= 0.6 is 0 Å². The fourth-order valence-corrected chi connectivity index (χ4v) is 5.19. The van der Waals surface area contributed by atoms with Crippen LogP contribution in [0.4, 0.5) is 15.8 Å². The molecule has 0 bridgehead atoms. The predicted octanol–water partition coefficient (Wildman–Crippen LogP) is 3.14. The first kappa shape index (κ1) is 25.7. The molecular weight excluding hydrogens is 458 g/mol. The van der Waals surface area contributed by atoms with E-state index in [1.807, 2.05) is 6.07 Å². The molecule has 1 aliphatic carbocycles. The number of ether oxygens (including phenoxy) is 1. The molecule has 1 aromatic carbocycles. The van der Waals surface area contributed by atoms with E-state index < -0.39 is 11.7 Å². The molecule has 0 unspecified atom stereocenters. The maximum absolute atomic E-state index is 14.6. The zero-order valence-corrected chi connectivity index (χ0v) is 20.7. The zero-order valence-electron chi connectivity index (χ0n) is 20.7. The smallest absolute Gasteiger partial charge is 0.276 e. The second-order valence-corrected chi connectivity index (χ2v) is 9.11. The van der Waals surface area contributed by atoms with Crippen molar-refractivity contribution in [2.24, 2.45) is 11.7 Å². The van der Waals surface area contributed by atoms with Crippen LogP contribution in [-0.2, 0) is 4.74 Å². The van der Waals surface area contributed by atoms with Gasteiger partial charge < -0.3 is 21.5 Å². The highest BCUT2D eigenvalue weighted by atomic mass is 19.1. The number of aromatic nitrogens is 3. The predicted molar refractivity (Wildman–Crippen MR) is 140 cm³/mol. The van der Waals surface area contributed by atoms with Gasteiger partial charge in [0.15, 0.2) is 11.5 Å². The van der Waals surface area contributed by atoms with Crippen LogP contribution in [-0.4, -0.2) is 47.4 Å². The van der Waals surface area contributed by atoms with E-state index in [1.165, 1.54) is 12.3 Å². The minimum atomic E-state index is -0.523. The van der Waals surface area contributed by atoms with E-state index in [9.17, 15) is 9.18 Å². The summed E-state index contributed by atoms with van der Waals surface area (Å²) in [6.07, 6.45) is 7.21. The fourth-order valence-electron chi connectivity index (χ4n) is 5.19. The molecular formula is C26H31BFN6O2. The molecule has 1 amide bonds. The summed E-state index contributed by atoms with van der Waals surface area (Å²) >= 11 is 0. The molecule has 36 heavy (non-hydrogen) atoms. The number of carbonyl (C=O) groups is 1. The maximum atomic E-state index is 14.6.